The van der Waals surface area contributed by atoms with Crippen molar-refractivity contribution < 1.29 is 10.0 Å². The van der Waals surface area contributed by atoms with Gasteiger partial charge >= 0.3 is 7.12 Å². The molecule has 0 radical (unpaired) electrons. The molecule has 0 unspecified atom stereocenters. The fraction of sp³-hybridized carbons (Fsp3) is 0. The van der Waals surface area contributed by atoms with Gasteiger partial charge in [-0.3, -0.25) is 0 Å². The number of hydrogen-bond acceptors (Lipinski definition) is 5. The summed E-state index contributed by atoms with van der Waals surface area (Å²) in [6, 6.07) is 8.92. The zero-order chi connectivity index (χ0) is 12.3. The number of benzene rings is 1. The highest BCUT2D eigenvalue weighted by atomic mass is 16.4. The summed E-state index contributed by atoms with van der Waals surface area (Å²) in [5.74, 6) is 0.437. The van der Waals surface area contributed by atoms with E-state index in [1.165, 1.54) is 12.4 Å². The molecule has 82 valence electrons. The van der Waals surface area contributed by atoms with Crippen LogP contribution in [0.25, 0.3) is 11.4 Å². The van der Waals surface area contributed by atoms with Crippen LogP contribution >= 0.6 is 0 Å². The lowest BCUT2D eigenvalue weighted by Crippen LogP contribution is -2.30. The predicted molar refractivity (Wildman–Crippen MR) is 62.0 cm³/mol. The molecule has 0 saturated heterocycles. The summed E-state index contributed by atoms with van der Waals surface area (Å²) >= 11 is 0. The van der Waals surface area contributed by atoms with Gasteiger partial charge in [0.2, 0.25) is 0 Å². The van der Waals surface area contributed by atoms with Gasteiger partial charge in [-0.1, -0.05) is 12.1 Å². The molecular formula is C11H8BN3O2. The number of nitrogens with zero attached hydrogens (tertiary/aromatic N) is 3. The molecule has 2 N–H and O–H groups in total. The third-order valence-corrected chi connectivity index (χ3v) is 2.22. The Bertz CT molecular complexity index is 564. The molecule has 17 heavy (non-hydrogen) atoms. The van der Waals surface area contributed by atoms with E-state index in [1.807, 2.05) is 6.07 Å². The Balaban J connectivity index is 2.37. The summed E-state index contributed by atoms with van der Waals surface area (Å²) in [5, 5.41) is 26.6. The molecule has 0 amide bonds. The fourth-order valence-electron chi connectivity index (χ4n) is 1.35. The molecule has 1 aromatic heterocycles. The standard InChI is InChI=1S/C11H8BN3O2/c13-5-8-2-1-3-9(4-8)11-14-6-10(7-15-11)12(16)17/h1-4,6-7,16-17H. The van der Waals surface area contributed by atoms with Gasteiger partial charge in [0.1, 0.15) is 0 Å². The summed E-state index contributed by atoms with van der Waals surface area (Å²) in [6.07, 6.45) is 2.68. The second-order valence-corrected chi connectivity index (χ2v) is 3.41. The van der Waals surface area contributed by atoms with Crippen molar-refractivity contribution in [3.63, 3.8) is 0 Å². The third-order valence-electron chi connectivity index (χ3n) is 2.22. The van der Waals surface area contributed by atoms with Gasteiger partial charge in [0.05, 0.1) is 11.6 Å². The zero-order valence-corrected chi connectivity index (χ0v) is 8.78. The largest absolute Gasteiger partial charge is 0.491 e. The highest BCUT2D eigenvalue weighted by Crippen LogP contribution is 2.14. The first-order valence-corrected chi connectivity index (χ1v) is 4.89. The first kappa shape index (κ1) is 11.3. The van der Waals surface area contributed by atoms with Gasteiger partial charge < -0.3 is 10.0 Å². The highest BCUT2D eigenvalue weighted by Gasteiger charge is 2.12. The maximum atomic E-state index is 8.90. The minimum atomic E-state index is -1.57. The van der Waals surface area contributed by atoms with Gasteiger partial charge in [-0.25, -0.2) is 9.97 Å². The van der Waals surface area contributed by atoms with E-state index in [-0.39, 0.29) is 5.46 Å². The Morgan fingerprint density at radius 2 is 1.88 bits per heavy atom. The van der Waals surface area contributed by atoms with Crippen LogP contribution in [0.3, 0.4) is 0 Å². The number of nitriles is 1. The molecule has 0 aliphatic rings. The van der Waals surface area contributed by atoms with Crippen LogP contribution < -0.4 is 5.46 Å². The molecule has 2 rings (SSSR count). The number of aromatic nitrogens is 2. The molecule has 0 aliphatic carbocycles. The molecule has 0 fully saturated rings. The molecule has 0 bridgehead atoms. The van der Waals surface area contributed by atoms with Crippen molar-refractivity contribution in [2.75, 3.05) is 0 Å². The monoisotopic (exact) mass is 225 g/mol. The molecular weight excluding hydrogens is 217 g/mol. The van der Waals surface area contributed by atoms with Crippen LogP contribution in [0.15, 0.2) is 36.7 Å². The van der Waals surface area contributed by atoms with Crippen LogP contribution in [-0.4, -0.2) is 27.1 Å². The second-order valence-electron chi connectivity index (χ2n) is 3.41. The van der Waals surface area contributed by atoms with Crippen LogP contribution in [0.4, 0.5) is 0 Å². The number of hydrogen-bond donors (Lipinski definition) is 2. The third kappa shape index (κ3) is 2.48. The SMILES string of the molecule is N#Cc1cccc(-c2ncc(B(O)O)cn2)c1. The van der Waals surface area contributed by atoms with Gasteiger partial charge in [-0.15, -0.1) is 0 Å². The van der Waals surface area contributed by atoms with Gasteiger partial charge in [0, 0.05) is 23.4 Å². The summed E-state index contributed by atoms with van der Waals surface area (Å²) < 4.78 is 0. The second kappa shape index (κ2) is 4.74. The fourth-order valence-corrected chi connectivity index (χ4v) is 1.35. The number of rotatable bonds is 2. The molecule has 0 saturated carbocycles. The smallest absolute Gasteiger partial charge is 0.423 e. The molecule has 1 aromatic carbocycles. The Morgan fingerprint density at radius 1 is 1.18 bits per heavy atom. The van der Waals surface area contributed by atoms with Gasteiger partial charge in [0.15, 0.2) is 5.82 Å². The van der Waals surface area contributed by atoms with E-state index in [2.05, 4.69) is 9.97 Å². The van der Waals surface area contributed by atoms with Crippen LogP contribution in [0.1, 0.15) is 5.56 Å². The maximum Gasteiger partial charge on any atom is 0.491 e. The summed E-state index contributed by atoms with van der Waals surface area (Å²) in [6.45, 7) is 0. The van der Waals surface area contributed by atoms with E-state index >= 15 is 0 Å². The van der Waals surface area contributed by atoms with Crippen molar-refractivity contribution in [3.05, 3.63) is 42.2 Å². The first-order valence-electron chi connectivity index (χ1n) is 4.89. The maximum absolute atomic E-state index is 8.90. The molecule has 1 heterocycles. The minimum absolute atomic E-state index is 0.227. The first-order chi connectivity index (χ1) is 8.20. The lowest BCUT2D eigenvalue weighted by atomic mass is 9.83. The highest BCUT2D eigenvalue weighted by molar-refractivity contribution is 6.58. The van der Waals surface area contributed by atoms with E-state index in [0.29, 0.717) is 17.0 Å². The van der Waals surface area contributed by atoms with Crippen molar-refractivity contribution in [2.45, 2.75) is 0 Å². The van der Waals surface area contributed by atoms with E-state index < -0.39 is 7.12 Å². The minimum Gasteiger partial charge on any atom is -0.423 e. The molecule has 2 aromatic rings. The van der Waals surface area contributed by atoms with Crippen molar-refractivity contribution in [1.82, 2.24) is 9.97 Å². The lowest BCUT2D eigenvalue weighted by molar-refractivity contribution is 0.425. The van der Waals surface area contributed by atoms with Crippen LogP contribution in [0.5, 0.6) is 0 Å². The average Bonchev–Trinajstić information content (AvgIpc) is 2.39. The lowest BCUT2D eigenvalue weighted by Gasteiger charge is -2.02. The predicted octanol–water partition coefficient (Wildman–Crippen LogP) is -0.305. The van der Waals surface area contributed by atoms with Crippen LogP contribution in [0, 0.1) is 11.3 Å². The average molecular weight is 225 g/mol. The van der Waals surface area contributed by atoms with Crippen molar-refractivity contribution in [1.29, 1.82) is 5.26 Å². The Morgan fingerprint density at radius 3 is 2.47 bits per heavy atom. The van der Waals surface area contributed by atoms with E-state index in [9.17, 15) is 0 Å². The Hall–Kier alpha value is -2.23. The van der Waals surface area contributed by atoms with Crippen LogP contribution in [0.2, 0.25) is 0 Å². The van der Waals surface area contributed by atoms with E-state index in [0.717, 1.165) is 0 Å². The van der Waals surface area contributed by atoms with Gasteiger partial charge in [-0.05, 0) is 12.1 Å². The zero-order valence-electron chi connectivity index (χ0n) is 8.78. The van der Waals surface area contributed by atoms with E-state index in [1.54, 1.807) is 24.3 Å². The van der Waals surface area contributed by atoms with E-state index in [4.69, 9.17) is 15.3 Å². The summed E-state index contributed by atoms with van der Waals surface area (Å²) in [4.78, 5) is 8.01. The Kier molecular flexibility index (Phi) is 3.14. The quantitative estimate of drug-likeness (QED) is 0.684. The van der Waals surface area contributed by atoms with Crippen molar-refractivity contribution in [3.8, 4) is 17.5 Å². The van der Waals surface area contributed by atoms with Crippen LogP contribution in [-0.2, 0) is 0 Å². The normalized spacial score (nSPS) is 9.71. The molecule has 6 heteroatoms. The Labute approximate surface area is 98.2 Å². The summed E-state index contributed by atoms with van der Waals surface area (Å²) in [5.41, 5.74) is 1.46. The summed E-state index contributed by atoms with van der Waals surface area (Å²) in [7, 11) is -1.57. The van der Waals surface area contributed by atoms with Crippen molar-refractivity contribution in [2.24, 2.45) is 0 Å². The van der Waals surface area contributed by atoms with Gasteiger partial charge in [0.25, 0.3) is 0 Å². The molecule has 0 aliphatic heterocycles. The molecule has 0 spiro atoms. The van der Waals surface area contributed by atoms with Crippen molar-refractivity contribution >= 4 is 12.6 Å². The molecule has 0 atom stereocenters. The topological polar surface area (TPSA) is 90.0 Å². The van der Waals surface area contributed by atoms with Gasteiger partial charge in [-0.2, -0.15) is 5.26 Å². The molecule has 5 nitrogen and oxygen atoms in total.